The fourth-order valence-corrected chi connectivity index (χ4v) is 10.4. The SMILES string of the molecule is CC(C)c1cnc(C(C)C)n1C.Cc1cnc(C(C)C)n1C.Cc1cnc(C(F)(F)F)n1C.Cc1cnc(C)n1C.Cc1cnc(C2CCCC2)n1C.Cc1nc(C(C)C)c(C)n1C.Cc1ncc(C2CCCC2)n1C.Cn1c(C(F)(F)F)cnc1C(F)(F)F. The van der Waals surface area contributed by atoms with E-state index < -0.39 is 35.9 Å². The molecule has 2 aliphatic rings. The summed E-state index contributed by atoms with van der Waals surface area (Å²) < 4.78 is 122. The number of aromatic nitrogens is 16. The van der Waals surface area contributed by atoms with Crippen LogP contribution in [0.3, 0.4) is 0 Å². The molecule has 0 aliphatic heterocycles. The lowest BCUT2D eigenvalue weighted by Crippen LogP contribution is -2.17. The quantitative estimate of drug-likeness (QED) is 0.150. The van der Waals surface area contributed by atoms with E-state index in [1.165, 1.54) is 116 Å². The number of hydrogen-bond donors (Lipinski definition) is 0. The van der Waals surface area contributed by atoms with Crippen molar-refractivity contribution in [3.05, 3.63) is 141 Å². The van der Waals surface area contributed by atoms with E-state index in [9.17, 15) is 39.5 Å². The minimum atomic E-state index is -4.88. The molecule has 504 valence electrons. The minimum Gasteiger partial charge on any atom is -0.336 e. The summed E-state index contributed by atoms with van der Waals surface area (Å²) in [6.45, 7) is 33.4. The maximum Gasteiger partial charge on any atom is 0.449 e. The third-order valence-corrected chi connectivity index (χ3v) is 16.6. The van der Waals surface area contributed by atoms with Crippen molar-refractivity contribution in [1.82, 2.24) is 76.4 Å². The summed E-state index contributed by atoms with van der Waals surface area (Å²) in [6, 6.07) is 0. The van der Waals surface area contributed by atoms with Gasteiger partial charge in [0.25, 0.3) is 0 Å². The largest absolute Gasteiger partial charge is 0.449 e. The number of nitrogens with zero attached hydrogens (tertiary/aromatic N) is 16. The van der Waals surface area contributed by atoms with Crippen LogP contribution in [-0.4, -0.2) is 76.4 Å². The van der Waals surface area contributed by atoms with E-state index in [2.05, 4.69) is 186 Å². The highest BCUT2D eigenvalue weighted by molar-refractivity contribution is 5.18. The summed E-state index contributed by atoms with van der Waals surface area (Å²) in [6.07, 6.45) is 8.06. The Bertz CT molecular complexity index is 3290. The van der Waals surface area contributed by atoms with Crippen molar-refractivity contribution in [3.8, 4) is 0 Å². The van der Waals surface area contributed by atoms with Crippen molar-refractivity contribution in [2.45, 2.75) is 216 Å². The van der Waals surface area contributed by atoms with Crippen LogP contribution in [0.15, 0.2) is 43.4 Å². The van der Waals surface area contributed by atoms with E-state index in [1.54, 1.807) is 6.92 Å². The van der Waals surface area contributed by atoms with Gasteiger partial charge in [-0.05, 0) is 92.9 Å². The van der Waals surface area contributed by atoms with Crippen LogP contribution >= 0.6 is 0 Å². The summed E-state index contributed by atoms with van der Waals surface area (Å²) >= 11 is 0. The maximum atomic E-state index is 12.0. The van der Waals surface area contributed by atoms with Gasteiger partial charge in [-0.1, -0.05) is 81.1 Å². The van der Waals surface area contributed by atoms with E-state index >= 15 is 0 Å². The first-order valence-corrected chi connectivity index (χ1v) is 30.7. The molecule has 0 atom stereocenters. The summed E-state index contributed by atoms with van der Waals surface area (Å²) in [4.78, 5) is 31.9. The lowest BCUT2D eigenvalue weighted by Gasteiger charge is -2.10. The molecule has 0 aromatic carbocycles. The molecule has 10 rings (SSSR count). The van der Waals surface area contributed by atoms with Gasteiger partial charge in [0.2, 0.25) is 11.6 Å². The molecule has 8 heterocycles. The van der Waals surface area contributed by atoms with Crippen molar-refractivity contribution >= 4 is 0 Å². The molecule has 0 N–H and O–H groups in total. The number of alkyl halides is 9. The highest BCUT2D eigenvalue weighted by Gasteiger charge is 2.42. The maximum absolute atomic E-state index is 12.0. The fourth-order valence-electron chi connectivity index (χ4n) is 10.4. The topological polar surface area (TPSA) is 143 Å². The molecule has 0 spiro atoms. The molecule has 25 heteroatoms. The molecule has 2 saturated carbocycles. The summed E-state index contributed by atoms with van der Waals surface area (Å²) in [5.74, 6) is 8.21. The molecule has 8 aromatic heterocycles. The molecule has 0 radical (unpaired) electrons. The van der Waals surface area contributed by atoms with Crippen molar-refractivity contribution < 1.29 is 39.5 Å². The first-order valence-electron chi connectivity index (χ1n) is 30.7. The zero-order valence-electron chi connectivity index (χ0n) is 57.7. The van der Waals surface area contributed by atoms with Gasteiger partial charge in [-0.3, -0.25) is 0 Å². The molecule has 0 amide bonds. The van der Waals surface area contributed by atoms with Crippen LogP contribution in [0.4, 0.5) is 39.5 Å². The Morgan fingerprint density at radius 3 is 1.04 bits per heavy atom. The van der Waals surface area contributed by atoms with Crippen molar-refractivity contribution in [1.29, 1.82) is 0 Å². The van der Waals surface area contributed by atoms with E-state index in [4.69, 9.17) is 0 Å². The van der Waals surface area contributed by atoms with Gasteiger partial charge in [0.15, 0.2) is 0 Å². The van der Waals surface area contributed by atoms with Crippen LogP contribution < -0.4 is 0 Å². The Hall–Kier alpha value is -6.95. The van der Waals surface area contributed by atoms with E-state index in [-0.39, 0.29) is 10.8 Å². The van der Waals surface area contributed by atoms with Gasteiger partial charge < -0.3 is 36.5 Å². The Morgan fingerprint density at radius 2 is 0.778 bits per heavy atom. The average Bonchev–Trinajstić information content (AvgIpc) is 4.18. The number of imidazole rings is 8. The molecule has 0 saturated heterocycles. The Morgan fingerprint density at radius 1 is 0.367 bits per heavy atom. The van der Waals surface area contributed by atoms with Crippen molar-refractivity contribution in [3.63, 3.8) is 0 Å². The van der Waals surface area contributed by atoms with Crippen LogP contribution in [0.25, 0.3) is 0 Å². The summed E-state index contributed by atoms with van der Waals surface area (Å²) in [5.41, 5.74) is 8.05. The molecule has 0 unspecified atom stereocenters. The van der Waals surface area contributed by atoms with Crippen LogP contribution in [0, 0.1) is 55.4 Å². The van der Waals surface area contributed by atoms with Gasteiger partial charge in [-0.2, -0.15) is 39.5 Å². The molecule has 8 aromatic rings. The number of hydrogen-bond acceptors (Lipinski definition) is 8. The van der Waals surface area contributed by atoms with Gasteiger partial charge >= 0.3 is 18.5 Å². The third-order valence-electron chi connectivity index (χ3n) is 16.6. The lowest BCUT2D eigenvalue weighted by molar-refractivity contribution is -0.153. The molecule has 2 fully saturated rings. The normalized spacial score (nSPS) is 13.6. The van der Waals surface area contributed by atoms with Gasteiger partial charge in [-0.25, -0.2) is 39.9 Å². The number of rotatable bonds is 6. The van der Waals surface area contributed by atoms with Crippen molar-refractivity contribution in [2.75, 3.05) is 0 Å². The number of halogens is 9. The zero-order valence-corrected chi connectivity index (χ0v) is 57.7. The minimum absolute atomic E-state index is 0.0278. The average molecular weight is 1280 g/mol. The highest BCUT2D eigenvalue weighted by atomic mass is 19.4. The molecule has 90 heavy (non-hydrogen) atoms. The first-order chi connectivity index (χ1) is 41.6. The van der Waals surface area contributed by atoms with E-state index in [0.717, 1.165) is 39.7 Å². The van der Waals surface area contributed by atoms with Crippen LogP contribution in [0.2, 0.25) is 0 Å². The highest BCUT2D eigenvalue weighted by Crippen LogP contribution is 2.36. The molecular formula is C65H101F9N16. The molecule has 0 bridgehead atoms. The lowest BCUT2D eigenvalue weighted by atomic mass is 10.1. The summed E-state index contributed by atoms with van der Waals surface area (Å²) in [5, 5.41) is 0. The first kappa shape index (κ1) is 77.3. The Kier molecular flexibility index (Phi) is 28.7. The second kappa shape index (κ2) is 33.4. The second-order valence-electron chi connectivity index (χ2n) is 24.6. The Labute approximate surface area is 527 Å². The van der Waals surface area contributed by atoms with Crippen LogP contribution in [0.1, 0.15) is 240 Å². The zero-order chi connectivity index (χ0) is 68.7. The predicted molar refractivity (Wildman–Crippen MR) is 337 cm³/mol. The molecule has 2 aliphatic carbocycles. The van der Waals surface area contributed by atoms with Crippen LogP contribution in [0.5, 0.6) is 0 Å². The number of aryl methyl sites for hydroxylation is 7. The smallest absolute Gasteiger partial charge is 0.336 e. The van der Waals surface area contributed by atoms with Gasteiger partial charge in [0, 0.05) is 157 Å². The van der Waals surface area contributed by atoms with Gasteiger partial charge in [0.05, 0.1) is 11.9 Å². The summed E-state index contributed by atoms with van der Waals surface area (Å²) in [7, 11) is 14.5. The fraction of sp³-hybridized carbons (Fsp3) is 0.631. The molecule has 16 nitrogen and oxygen atoms in total. The van der Waals surface area contributed by atoms with E-state index in [0.29, 0.717) is 36.4 Å². The van der Waals surface area contributed by atoms with Crippen molar-refractivity contribution in [2.24, 2.45) is 56.4 Å². The molecular weight excluding hydrogens is 1180 g/mol. The second-order valence-corrected chi connectivity index (χ2v) is 24.6. The van der Waals surface area contributed by atoms with Gasteiger partial charge in [-0.15, -0.1) is 0 Å². The van der Waals surface area contributed by atoms with E-state index in [1.807, 2.05) is 58.8 Å². The van der Waals surface area contributed by atoms with Crippen LogP contribution in [-0.2, 0) is 74.9 Å². The Balaban J connectivity index is 0.000000270. The monoisotopic (exact) mass is 1280 g/mol. The standard InChI is InChI=1S/2C10H16N2.C10H18N2.C9H16N2.C8H14N2.C6H4F6N2.C6H7F3N2.C6H10N2/c1-8-11-7-10(12(8)2)9-5-3-4-6-9;1-8-7-11-10(12(8)2)9-5-3-4-6-9;1-7(2)9-6-11-10(8(3)4)12(9)5;1-6(2)9-7(3)11(5)8(4)10-9;1-6(2)8-9-5-7(3)10(8)4;1-14-3(5(7,8)9)2-13-4(14)6(10,11)12;1-4-3-10-5(11(4)2)6(7,8)9;1-5-4-7-6(2)8(5)3/h2*7,9H,3-6H2,1-2H3;6-8H,1-5H3;6H,1-5H3;5-6H,1-4H3;2H,1H3;3H,1-2H3;4H,1-3H3. The third kappa shape index (κ3) is 21.3. The predicted octanol–water partition coefficient (Wildman–Crippen LogP) is 16.7. The van der Waals surface area contributed by atoms with Gasteiger partial charge in [0.1, 0.15) is 40.6 Å².